The molecule has 1 aliphatic carbocycles. The topological polar surface area (TPSA) is 92.5 Å². The Morgan fingerprint density at radius 1 is 0.824 bits per heavy atom. The Kier molecular flexibility index (Phi) is 9.96. The van der Waals surface area contributed by atoms with Crippen LogP contribution in [0.3, 0.4) is 0 Å². The first-order chi connectivity index (χ1) is 24.5. The van der Waals surface area contributed by atoms with Gasteiger partial charge in [-0.1, -0.05) is 103 Å². The summed E-state index contributed by atoms with van der Waals surface area (Å²) in [5, 5.41) is 23.4. The lowest BCUT2D eigenvalue weighted by Gasteiger charge is -2.31. The molecule has 258 valence electrons. The average molecular weight is 680 g/mol. The van der Waals surface area contributed by atoms with Gasteiger partial charge >= 0.3 is 0 Å². The van der Waals surface area contributed by atoms with Gasteiger partial charge in [-0.25, -0.2) is 0 Å². The molecule has 0 N–H and O–H groups in total. The molecule has 3 aromatic rings. The molecule has 0 radical (unpaired) electrons. The highest BCUT2D eigenvalue weighted by Crippen LogP contribution is 2.52. The Bertz CT molecular complexity index is 2090. The number of benzene rings is 3. The smallest absolute Gasteiger partial charge is 0.270 e. The molecule has 3 atom stereocenters. The number of likely N-dealkylation sites (N-methyl/N-ethyl adjacent to an activating group) is 1. The highest BCUT2D eigenvalue weighted by atomic mass is 16.6. The molecule has 2 aliphatic heterocycles. The van der Waals surface area contributed by atoms with E-state index >= 15 is 0 Å². The van der Waals surface area contributed by atoms with E-state index < -0.39 is 11.5 Å². The molecule has 0 spiro atoms. The predicted octanol–water partition coefficient (Wildman–Crippen LogP) is 8.99. The minimum Gasteiger partial charge on any atom is -0.347 e. The first kappa shape index (κ1) is 35.0. The molecular weight excluding hydrogens is 636 g/mol. The zero-order chi connectivity index (χ0) is 36.2. The van der Waals surface area contributed by atoms with E-state index in [2.05, 4.69) is 59.7 Å². The number of fused-ring (bicyclic) bond motifs is 1. The van der Waals surface area contributed by atoms with Crippen LogP contribution in [0.1, 0.15) is 37.0 Å². The van der Waals surface area contributed by atoms with Gasteiger partial charge in [-0.05, 0) is 61.6 Å². The summed E-state index contributed by atoms with van der Waals surface area (Å²) in [6, 6.07) is 24.9. The van der Waals surface area contributed by atoms with Gasteiger partial charge in [-0.2, -0.15) is 4.58 Å². The van der Waals surface area contributed by atoms with E-state index in [1.54, 1.807) is 18.2 Å². The molecule has 0 saturated carbocycles. The second-order valence-electron chi connectivity index (χ2n) is 13.8. The van der Waals surface area contributed by atoms with Crippen LogP contribution in [0.15, 0.2) is 163 Å². The van der Waals surface area contributed by atoms with Crippen LogP contribution in [0.4, 0.5) is 11.4 Å². The van der Waals surface area contributed by atoms with Gasteiger partial charge in [0, 0.05) is 65.0 Å². The van der Waals surface area contributed by atoms with Crippen molar-refractivity contribution in [2.24, 2.45) is 5.41 Å². The van der Waals surface area contributed by atoms with Gasteiger partial charge in [0.1, 0.15) is 7.05 Å². The summed E-state index contributed by atoms with van der Waals surface area (Å²) in [5.41, 5.74) is 7.86. The fourth-order valence-electron chi connectivity index (χ4n) is 7.91. The summed E-state index contributed by atoms with van der Waals surface area (Å²) in [5.74, 6) is 0. The van der Waals surface area contributed by atoms with E-state index in [1.807, 2.05) is 105 Å². The lowest BCUT2D eigenvalue weighted by atomic mass is 9.72. The molecule has 3 aromatic carbocycles. The third kappa shape index (κ3) is 6.95. The van der Waals surface area contributed by atoms with Gasteiger partial charge < -0.3 is 4.90 Å². The molecule has 3 aliphatic rings. The number of non-ortho nitro benzene ring substituents is 1. The third-order valence-electron chi connectivity index (χ3n) is 10.5. The van der Waals surface area contributed by atoms with Crippen molar-refractivity contribution in [1.29, 1.82) is 0 Å². The monoisotopic (exact) mass is 679 g/mol. The van der Waals surface area contributed by atoms with Gasteiger partial charge in [0.2, 0.25) is 11.7 Å². The second kappa shape index (κ2) is 14.5. The van der Waals surface area contributed by atoms with Crippen molar-refractivity contribution in [1.82, 2.24) is 4.90 Å². The van der Waals surface area contributed by atoms with Gasteiger partial charge in [0.25, 0.3) is 5.69 Å². The zero-order valence-corrected chi connectivity index (χ0v) is 29.5. The van der Waals surface area contributed by atoms with Crippen molar-refractivity contribution in [2.75, 3.05) is 14.1 Å². The molecule has 3 unspecified atom stereocenters. The Morgan fingerprint density at radius 2 is 1.41 bits per heavy atom. The number of hydrogen-bond donors (Lipinski definition) is 0. The van der Waals surface area contributed by atoms with Gasteiger partial charge in [0.05, 0.1) is 10.3 Å². The zero-order valence-electron chi connectivity index (χ0n) is 29.5. The normalized spacial score (nSPS) is 23.9. The van der Waals surface area contributed by atoms with Crippen molar-refractivity contribution >= 4 is 17.1 Å². The number of allylic oxidation sites excluding steroid dienone is 11. The molecule has 8 heteroatoms. The average Bonchev–Trinajstić information content (AvgIpc) is 3.46. The van der Waals surface area contributed by atoms with Gasteiger partial charge in [0.15, 0.2) is 5.71 Å². The highest BCUT2D eigenvalue weighted by molar-refractivity contribution is 6.03. The Hall–Kier alpha value is -5.89. The first-order valence-corrected chi connectivity index (χ1v) is 17.2. The minimum atomic E-state index is -0.715. The van der Waals surface area contributed by atoms with Crippen LogP contribution in [0.2, 0.25) is 0 Å². The molecule has 0 amide bonds. The maximum Gasteiger partial charge on any atom is 0.270 e. The fraction of sp³-hybridized carbons (Fsp3) is 0.233. The maximum atomic E-state index is 11.7. The molecule has 0 saturated heterocycles. The molecule has 0 bridgehead atoms. The van der Waals surface area contributed by atoms with Crippen LogP contribution in [0.5, 0.6) is 0 Å². The summed E-state index contributed by atoms with van der Waals surface area (Å²) >= 11 is 0. The first-order valence-electron chi connectivity index (χ1n) is 17.2. The van der Waals surface area contributed by atoms with E-state index in [0.717, 1.165) is 45.9 Å². The van der Waals surface area contributed by atoms with Crippen LogP contribution in [0, 0.1) is 25.6 Å². The molecular formula is C43H43N4O4+. The predicted molar refractivity (Wildman–Crippen MR) is 204 cm³/mol. The van der Waals surface area contributed by atoms with Crippen LogP contribution in [0.25, 0.3) is 0 Å². The standard InChI is InChI=1S/C43H43N4O4/c1-42(30-32-18-12-10-13-19-32)36-28-34(46(48)49)24-26-38(36)44(3)40(42)22-16-8-6-5-7-9-17-23-41-43(2,31-33-20-14-11-15-21-33)37-29-35(47(50)51)25-27-39(37)45(41)4/h5-28,35H,29-31H2,1-4H3/q+1. The molecule has 0 aromatic heterocycles. The Balaban J connectivity index is 1.18. The number of nitrogens with zero attached hydrogens (tertiary/aromatic N) is 4. The quantitative estimate of drug-likeness (QED) is 0.0873. The van der Waals surface area contributed by atoms with Crippen molar-refractivity contribution in [3.63, 3.8) is 0 Å². The summed E-state index contributed by atoms with van der Waals surface area (Å²) in [7, 11) is 4.05. The fourth-order valence-corrected chi connectivity index (χ4v) is 7.91. The largest absolute Gasteiger partial charge is 0.347 e. The number of hydrogen-bond acceptors (Lipinski definition) is 5. The summed E-state index contributed by atoms with van der Waals surface area (Å²) < 4.78 is 2.13. The molecule has 2 heterocycles. The molecule has 51 heavy (non-hydrogen) atoms. The van der Waals surface area contributed by atoms with Crippen molar-refractivity contribution in [3.8, 4) is 0 Å². The number of nitro groups is 2. The Labute approximate surface area is 299 Å². The van der Waals surface area contributed by atoms with Crippen molar-refractivity contribution in [2.45, 2.75) is 44.6 Å². The van der Waals surface area contributed by atoms with Crippen LogP contribution < -0.4 is 0 Å². The molecule has 6 rings (SSSR count). The summed E-state index contributed by atoms with van der Waals surface area (Å²) in [6.07, 6.45) is 23.6. The second-order valence-corrected chi connectivity index (χ2v) is 13.8. The van der Waals surface area contributed by atoms with Crippen LogP contribution in [-0.4, -0.2) is 45.2 Å². The van der Waals surface area contributed by atoms with Gasteiger partial charge in [-0.15, -0.1) is 0 Å². The molecule has 0 fully saturated rings. The van der Waals surface area contributed by atoms with E-state index in [-0.39, 0.29) is 20.9 Å². The Morgan fingerprint density at radius 3 is 2.02 bits per heavy atom. The third-order valence-corrected chi connectivity index (χ3v) is 10.5. The number of nitro benzene ring substituents is 1. The van der Waals surface area contributed by atoms with Crippen LogP contribution >= 0.6 is 0 Å². The summed E-state index contributed by atoms with van der Waals surface area (Å²) in [4.78, 5) is 25.0. The van der Waals surface area contributed by atoms with E-state index in [4.69, 9.17) is 0 Å². The maximum absolute atomic E-state index is 11.7. The van der Waals surface area contributed by atoms with E-state index in [1.165, 1.54) is 5.56 Å². The molecule has 8 nitrogen and oxygen atoms in total. The lowest BCUT2D eigenvalue weighted by molar-refractivity contribution is -0.509. The van der Waals surface area contributed by atoms with E-state index in [0.29, 0.717) is 12.8 Å². The SMILES string of the molecule is CN1C2=C(CC([N+](=O)[O-])C=C2)C(C)(Cc2ccccc2)\C1=C/C=C/C=C/C=C/C=C/C1=[N+](C)c2ccc([N+](=O)[O-])cc2C1(C)Cc1ccccc1. The van der Waals surface area contributed by atoms with Gasteiger partial charge in [-0.3, -0.25) is 20.2 Å². The van der Waals surface area contributed by atoms with Crippen molar-refractivity contribution in [3.05, 3.63) is 200 Å². The lowest BCUT2D eigenvalue weighted by Crippen LogP contribution is -2.33. The van der Waals surface area contributed by atoms with Crippen molar-refractivity contribution < 1.29 is 14.4 Å². The summed E-state index contributed by atoms with van der Waals surface area (Å²) in [6.45, 7) is 4.36. The van der Waals surface area contributed by atoms with E-state index in [9.17, 15) is 20.2 Å². The highest BCUT2D eigenvalue weighted by Gasteiger charge is 2.48. The minimum absolute atomic E-state index is 0.0944. The number of rotatable bonds is 11. The van der Waals surface area contributed by atoms with Crippen LogP contribution in [-0.2, 0) is 18.3 Å².